The van der Waals surface area contributed by atoms with Crippen molar-refractivity contribution in [2.24, 2.45) is 0 Å². The maximum atomic E-state index is 12.5. The fourth-order valence-corrected chi connectivity index (χ4v) is 2.17. The van der Waals surface area contributed by atoms with Crippen molar-refractivity contribution >= 4 is 5.69 Å². The lowest BCUT2D eigenvalue weighted by Crippen LogP contribution is -2.06. The second-order valence-electron chi connectivity index (χ2n) is 5.04. The van der Waals surface area contributed by atoms with Crippen molar-refractivity contribution < 1.29 is 17.9 Å². The molecule has 112 valence electrons. The third-order valence-electron chi connectivity index (χ3n) is 3.01. The summed E-state index contributed by atoms with van der Waals surface area (Å²) in [6, 6.07) is 9.07. The second-order valence-corrected chi connectivity index (χ2v) is 5.04. The van der Waals surface area contributed by atoms with E-state index in [0.717, 1.165) is 28.8 Å². The van der Waals surface area contributed by atoms with Crippen LogP contribution in [0.4, 0.5) is 18.9 Å². The van der Waals surface area contributed by atoms with Gasteiger partial charge in [-0.25, -0.2) is 0 Å². The molecule has 0 atom stereocenters. The first kappa shape index (κ1) is 15.2. The van der Waals surface area contributed by atoms with Crippen molar-refractivity contribution in [2.45, 2.75) is 26.6 Å². The van der Waals surface area contributed by atoms with Gasteiger partial charge in [-0.3, -0.25) is 0 Å². The number of nitrogens with two attached hydrogens (primary N) is 1. The topological polar surface area (TPSA) is 35.2 Å². The molecule has 0 bridgehead atoms. The first-order valence-electron chi connectivity index (χ1n) is 6.42. The summed E-state index contributed by atoms with van der Waals surface area (Å²) in [5, 5.41) is 0. The average Bonchev–Trinajstić information content (AvgIpc) is 2.35. The Hall–Kier alpha value is -2.17. The average molecular weight is 295 g/mol. The fraction of sp³-hybridized carbons (Fsp3) is 0.250. The number of nitrogen functional groups attached to an aromatic ring is 1. The molecule has 0 saturated carbocycles. The summed E-state index contributed by atoms with van der Waals surface area (Å²) in [5.74, 6) is 0.252. The molecule has 0 fully saturated rings. The minimum absolute atomic E-state index is 0.0193. The highest BCUT2D eigenvalue weighted by Gasteiger charge is 2.30. The molecule has 5 heteroatoms. The summed E-state index contributed by atoms with van der Waals surface area (Å²) in [5.41, 5.74) is 7.98. The lowest BCUT2D eigenvalue weighted by atomic mass is 10.1. The fourth-order valence-electron chi connectivity index (χ4n) is 2.17. The molecule has 0 saturated heterocycles. The van der Waals surface area contributed by atoms with E-state index in [9.17, 15) is 13.2 Å². The number of aryl methyl sites for hydroxylation is 2. The normalized spacial score (nSPS) is 11.5. The molecule has 0 heterocycles. The van der Waals surface area contributed by atoms with Gasteiger partial charge in [0, 0.05) is 0 Å². The minimum atomic E-state index is -4.40. The smallest absolute Gasteiger partial charge is 0.416 e. The van der Waals surface area contributed by atoms with Crippen LogP contribution < -0.4 is 10.5 Å². The molecule has 2 aromatic rings. The second kappa shape index (κ2) is 5.68. The molecule has 0 radical (unpaired) electrons. The zero-order valence-corrected chi connectivity index (χ0v) is 11.8. The van der Waals surface area contributed by atoms with Crippen LogP contribution in [-0.4, -0.2) is 0 Å². The van der Waals surface area contributed by atoms with E-state index < -0.39 is 11.7 Å². The van der Waals surface area contributed by atoms with E-state index in [2.05, 4.69) is 0 Å². The predicted octanol–water partition coefficient (Wildman–Crippen LogP) is 4.48. The predicted molar refractivity (Wildman–Crippen MR) is 76.1 cm³/mol. The highest BCUT2D eigenvalue weighted by atomic mass is 19.4. The summed E-state index contributed by atoms with van der Waals surface area (Å²) in [6.45, 7) is 4.21. The van der Waals surface area contributed by atoms with E-state index in [1.807, 2.05) is 32.0 Å². The van der Waals surface area contributed by atoms with Crippen molar-refractivity contribution in [2.75, 3.05) is 5.73 Å². The molecule has 0 aliphatic rings. The molecule has 0 aliphatic carbocycles. The van der Waals surface area contributed by atoms with Crippen LogP contribution in [0.3, 0.4) is 0 Å². The third-order valence-corrected chi connectivity index (χ3v) is 3.01. The zero-order valence-electron chi connectivity index (χ0n) is 11.8. The maximum absolute atomic E-state index is 12.5. The molecule has 0 spiro atoms. The molecule has 0 aliphatic heterocycles. The van der Waals surface area contributed by atoms with Crippen molar-refractivity contribution in [1.29, 1.82) is 0 Å². The SMILES string of the molecule is Cc1cc(C)cc(COc2ccc(C(F)(F)F)cc2N)c1. The number of anilines is 1. The molecule has 2 N–H and O–H groups in total. The molecule has 0 unspecified atom stereocenters. The standard InChI is InChI=1S/C16H16F3NO/c1-10-5-11(2)7-12(6-10)9-21-15-4-3-13(8-14(15)20)16(17,18)19/h3-8H,9,20H2,1-2H3. The van der Waals surface area contributed by atoms with E-state index in [0.29, 0.717) is 0 Å². The summed E-state index contributed by atoms with van der Waals surface area (Å²) in [4.78, 5) is 0. The van der Waals surface area contributed by atoms with Gasteiger partial charge in [0.05, 0.1) is 11.3 Å². The molecule has 21 heavy (non-hydrogen) atoms. The van der Waals surface area contributed by atoms with E-state index in [1.54, 1.807) is 0 Å². The number of rotatable bonds is 3. The molecule has 2 aromatic carbocycles. The molecule has 2 nitrogen and oxygen atoms in total. The molecule has 0 amide bonds. The van der Waals surface area contributed by atoms with Gasteiger partial charge in [-0.05, 0) is 37.6 Å². The van der Waals surface area contributed by atoms with Gasteiger partial charge in [0.25, 0.3) is 0 Å². The number of hydrogen-bond donors (Lipinski definition) is 1. The van der Waals surface area contributed by atoms with Gasteiger partial charge >= 0.3 is 6.18 Å². The van der Waals surface area contributed by atoms with Gasteiger partial charge in [-0.15, -0.1) is 0 Å². The Morgan fingerprint density at radius 1 is 1.00 bits per heavy atom. The van der Waals surface area contributed by atoms with Crippen LogP contribution in [0.25, 0.3) is 0 Å². The summed E-state index contributed by atoms with van der Waals surface area (Å²) < 4.78 is 43.1. The Morgan fingerprint density at radius 2 is 1.62 bits per heavy atom. The van der Waals surface area contributed by atoms with Crippen LogP contribution in [0.5, 0.6) is 5.75 Å². The Kier molecular flexibility index (Phi) is 4.11. The van der Waals surface area contributed by atoms with Crippen LogP contribution in [0.15, 0.2) is 36.4 Å². The van der Waals surface area contributed by atoms with Gasteiger partial charge in [0.15, 0.2) is 0 Å². The monoisotopic (exact) mass is 295 g/mol. The first-order valence-corrected chi connectivity index (χ1v) is 6.42. The maximum Gasteiger partial charge on any atom is 0.416 e. The molecular weight excluding hydrogens is 279 g/mol. The van der Waals surface area contributed by atoms with Gasteiger partial charge in [0.2, 0.25) is 0 Å². The number of hydrogen-bond acceptors (Lipinski definition) is 2. The highest BCUT2D eigenvalue weighted by Crippen LogP contribution is 2.33. The Bertz CT molecular complexity index is 630. The van der Waals surface area contributed by atoms with E-state index >= 15 is 0 Å². The molecule has 0 aromatic heterocycles. The Labute approximate surface area is 121 Å². The van der Waals surface area contributed by atoms with Gasteiger partial charge in [-0.2, -0.15) is 13.2 Å². The van der Waals surface area contributed by atoms with E-state index in [4.69, 9.17) is 10.5 Å². The largest absolute Gasteiger partial charge is 0.487 e. The lowest BCUT2D eigenvalue weighted by molar-refractivity contribution is -0.137. The quantitative estimate of drug-likeness (QED) is 0.847. The van der Waals surface area contributed by atoms with Crippen molar-refractivity contribution in [3.05, 3.63) is 58.7 Å². The Morgan fingerprint density at radius 3 is 2.14 bits per heavy atom. The van der Waals surface area contributed by atoms with Crippen LogP contribution in [0.1, 0.15) is 22.3 Å². The summed E-state index contributed by atoms with van der Waals surface area (Å²) >= 11 is 0. The van der Waals surface area contributed by atoms with Crippen molar-refractivity contribution in [3.63, 3.8) is 0 Å². The highest BCUT2D eigenvalue weighted by molar-refractivity contribution is 5.54. The Balaban J connectivity index is 2.13. The zero-order chi connectivity index (χ0) is 15.6. The van der Waals surface area contributed by atoms with Gasteiger partial charge in [-0.1, -0.05) is 29.3 Å². The third kappa shape index (κ3) is 3.90. The van der Waals surface area contributed by atoms with Crippen LogP contribution >= 0.6 is 0 Å². The number of alkyl halides is 3. The van der Waals surface area contributed by atoms with Crippen molar-refractivity contribution in [3.8, 4) is 5.75 Å². The van der Waals surface area contributed by atoms with E-state index in [1.165, 1.54) is 6.07 Å². The van der Waals surface area contributed by atoms with Crippen LogP contribution in [-0.2, 0) is 12.8 Å². The van der Waals surface area contributed by atoms with Gasteiger partial charge in [0.1, 0.15) is 12.4 Å². The first-order chi connectivity index (χ1) is 9.75. The van der Waals surface area contributed by atoms with Crippen molar-refractivity contribution in [1.82, 2.24) is 0 Å². The van der Waals surface area contributed by atoms with Crippen LogP contribution in [0, 0.1) is 13.8 Å². The van der Waals surface area contributed by atoms with Crippen LogP contribution in [0.2, 0.25) is 0 Å². The molecular formula is C16H16F3NO. The molecule has 2 rings (SSSR count). The number of ether oxygens (including phenoxy) is 1. The number of benzene rings is 2. The van der Waals surface area contributed by atoms with Gasteiger partial charge < -0.3 is 10.5 Å². The summed E-state index contributed by atoms with van der Waals surface area (Å²) in [6.07, 6.45) is -4.40. The lowest BCUT2D eigenvalue weighted by Gasteiger charge is -2.12. The van der Waals surface area contributed by atoms with E-state index in [-0.39, 0.29) is 18.0 Å². The number of halogens is 3. The summed E-state index contributed by atoms with van der Waals surface area (Å²) in [7, 11) is 0. The minimum Gasteiger partial charge on any atom is -0.487 e.